The van der Waals surface area contributed by atoms with Gasteiger partial charge in [-0.25, -0.2) is 14.6 Å². The highest BCUT2D eigenvalue weighted by molar-refractivity contribution is 8.01. The number of rotatable bonds is 6. The number of urea groups is 1. The largest absolute Gasteiger partial charge is 0.453 e. The Balaban J connectivity index is 1.45. The highest BCUT2D eigenvalue weighted by Crippen LogP contribution is 2.47. The number of nitrogens with zero attached hydrogens (tertiary/aromatic N) is 4. The average Bonchev–Trinajstić information content (AvgIpc) is 3.49. The molecule has 1 atom stereocenters. The van der Waals surface area contributed by atoms with Crippen LogP contribution in [0.1, 0.15) is 18.4 Å². The molecule has 3 amide bonds. The Morgan fingerprint density at radius 1 is 1.36 bits per heavy atom. The summed E-state index contributed by atoms with van der Waals surface area (Å²) >= 11 is 9.54. The molecule has 33 heavy (non-hydrogen) atoms. The lowest BCUT2D eigenvalue weighted by Crippen LogP contribution is -2.41. The topological polar surface area (TPSA) is 78.0 Å². The normalized spacial score (nSPS) is 19.4. The predicted octanol–water partition coefficient (Wildman–Crippen LogP) is 4.60. The van der Waals surface area contributed by atoms with E-state index in [1.54, 1.807) is 27.6 Å². The molecule has 1 spiro atoms. The van der Waals surface area contributed by atoms with Crippen molar-refractivity contribution in [1.29, 1.82) is 0 Å². The number of carbonyl (C=O) groups is 2. The molecule has 11 heteroatoms. The fourth-order valence-electron chi connectivity index (χ4n) is 4.43. The number of thiazole rings is 1. The number of fused-ring (bicyclic) bond motifs is 2. The van der Waals surface area contributed by atoms with Crippen molar-refractivity contribution in [3.63, 3.8) is 0 Å². The first-order valence-corrected chi connectivity index (χ1v) is 12.9. The van der Waals surface area contributed by atoms with Gasteiger partial charge >= 0.3 is 12.1 Å². The molecule has 2 aliphatic rings. The highest BCUT2D eigenvalue weighted by Gasteiger charge is 2.50. The number of nitrogens with one attached hydrogen (secondary N) is 1. The van der Waals surface area contributed by atoms with Gasteiger partial charge in [-0.1, -0.05) is 22.9 Å². The maximum Gasteiger partial charge on any atom is 0.409 e. The molecule has 1 unspecified atom stereocenters. The summed E-state index contributed by atoms with van der Waals surface area (Å²) in [6, 6.07) is 5.35. The highest BCUT2D eigenvalue weighted by atomic mass is 35.5. The second kappa shape index (κ2) is 10.1. The van der Waals surface area contributed by atoms with Crippen molar-refractivity contribution in [3.05, 3.63) is 35.0 Å². The summed E-state index contributed by atoms with van der Waals surface area (Å²) in [7, 11) is 5.52. The Morgan fingerprint density at radius 3 is 2.94 bits per heavy atom. The van der Waals surface area contributed by atoms with Gasteiger partial charge < -0.3 is 14.5 Å². The number of halogens is 1. The zero-order chi connectivity index (χ0) is 23.6. The summed E-state index contributed by atoms with van der Waals surface area (Å²) in [6.45, 7) is 2.58. The maximum absolute atomic E-state index is 13.2. The van der Waals surface area contributed by atoms with Crippen LogP contribution in [0.15, 0.2) is 28.6 Å². The van der Waals surface area contributed by atoms with E-state index in [4.69, 9.17) is 16.3 Å². The van der Waals surface area contributed by atoms with Crippen molar-refractivity contribution in [2.24, 2.45) is 0 Å². The van der Waals surface area contributed by atoms with Crippen LogP contribution in [-0.4, -0.2) is 80.0 Å². The third-order valence-corrected chi connectivity index (χ3v) is 8.43. The molecule has 1 N–H and O–H groups in total. The third kappa shape index (κ3) is 5.24. The molecular formula is C22H28ClN5O3S2. The van der Waals surface area contributed by atoms with E-state index in [1.165, 1.54) is 18.4 Å². The molecule has 2 aromatic rings. The van der Waals surface area contributed by atoms with Crippen molar-refractivity contribution in [2.75, 3.05) is 63.4 Å². The van der Waals surface area contributed by atoms with E-state index >= 15 is 0 Å². The predicted molar refractivity (Wildman–Crippen MR) is 134 cm³/mol. The van der Waals surface area contributed by atoms with Crippen molar-refractivity contribution < 1.29 is 14.3 Å². The Kier molecular flexibility index (Phi) is 7.37. The van der Waals surface area contributed by atoms with Crippen LogP contribution < -0.4 is 10.2 Å². The lowest BCUT2D eigenvalue weighted by atomic mass is 9.81. The van der Waals surface area contributed by atoms with E-state index < -0.39 is 0 Å². The van der Waals surface area contributed by atoms with Crippen LogP contribution in [-0.2, 0) is 10.2 Å². The number of amides is 3. The first kappa shape index (κ1) is 24.1. The molecule has 2 aliphatic heterocycles. The van der Waals surface area contributed by atoms with E-state index in [0.29, 0.717) is 29.8 Å². The SMILES string of the molecule is COC(=O)N1CCC2(C1)CN(C(=O)Nc1ncc(SCCCN(C)C)s1)c1ccc(Cl)cc12. The Morgan fingerprint density at radius 2 is 2.18 bits per heavy atom. The molecule has 1 aromatic carbocycles. The van der Waals surface area contributed by atoms with Crippen LogP contribution in [0.5, 0.6) is 0 Å². The molecule has 3 heterocycles. The Labute approximate surface area is 207 Å². The number of thioether (sulfide) groups is 1. The summed E-state index contributed by atoms with van der Waals surface area (Å²) in [4.78, 5) is 35.3. The van der Waals surface area contributed by atoms with Crippen molar-refractivity contribution in [2.45, 2.75) is 22.5 Å². The van der Waals surface area contributed by atoms with Gasteiger partial charge in [0.15, 0.2) is 5.13 Å². The van der Waals surface area contributed by atoms with Gasteiger partial charge in [0, 0.05) is 41.5 Å². The zero-order valence-corrected chi connectivity index (χ0v) is 21.4. The molecule has 178 valence electrons. The summed E-state index contributed by atoms with van der Waals surface area (Å²) in [5.41, 5.74) is 1.45. The fourth-order valence-corrected chi connectivity index (χ4v) is 6.46. The number of benzene rings is 1. The number of anilines is 2. The van der Waals surface area contributed by atoms with Crippen molar-refractivity contribution in [3.8, 4) is 0 Å². The molecular weight excluding hydrogens is 482 g/mol. The van der Waals surface area contributed by atoms with Gasteiger partial charge in [0.05, 0.1) is 17.5 Å². The first-order chi connectivity index (χ1) is 15.8. The summed E-state index contributed by atoms with van der Waals surface area (Å²) < 4.78 is 5.99. The van der Waals surface area contributed by atoms with Crippen LogP contribution >= 0.6 is 34.7 Å². The number of ether oxygens (including phenoxy) is 1. The van der Waals surface area contributed by atoms with Gasteiger partial charge in [0.1, 0.15) is 0 Å². The lowest BCUT2D eigenvalue weighted by molar-refractivity contribution is 0.131. The minimum Gasteiger partial charge on any atom is -0.453 e. The van der Waals surface area contributed by atoms with Crippen LogP contribution in [0.3, 0.4) is 0 Å². The molecule has 1 saturated heterocycles. The molecule has 0 bridgehead atoms. The van der Waals surface area contributed by atoms with E-state index in [9.17, 15) is 9.59 Å². The number of hydrogen-bond donors (Lipinski definition) is 1. The van der Waals surface area contributed by atoms with Crippen LogP contribution in [0.25, 0.3) is 0 Å². The third-order valence-electron chi connectivity index (χ3n) is 6.01. The van der Waals surface area contributed by atoms with E-state index in [0.717, 1.165) is 40.6 Å². The molecule has 8 nitrogen and oxygen atoms in total. The second-order valence-electron chi connectivity index (χ2n) is 8.59. The zero-order valence-electron chi connectivity index (χ0n) is 19.0. The standard InChI is InChI=1S/C22H28ClN5O3S2/c1-26(2)8-4-10-32-18-12-24-19(33-18)25-20(29)28-14-22(7-9-27(13-22)21(30)31-3)16-11-15(23)5-6-17(16)28/h5-6,11-12H,4,7-10,13-14H2,1-3H3,(H,24,25,29). The second-order valence-corrected chi connectivity index (χ2v) is 11.5. The number of likely N-dealkylation sites (tertiary alicyclic amines) is 1. The van der Waals surface area contributed by atoms with E-state index in [2.05, 4.69) is 29.3 Å². The fraction of sp³-hybridized carbons (Fsp3) is 0.500. The maximum atomic E-state index is 13.2. The summed E-state index contributed by atoms with van der Waals surface area (Å²) in [5, 5.41) is 4.15. The van der Waals surface area contributed by atoms with Gasteiger partial charge in [-0.2, -0.15) is 0 Å². The van der Waals surface area contributed by atoms with Crippen molar-refractivity contribution in [1.82, 2.24) is 14.8 Å². The molecule has 0 aliphatic carbocycles. The van der Waals surface area contributed by atoms with Gasteiger partial charge in [0.25, 0.3) is 0 Å². The van der Waals surface area contributed by atoms with Crippen LogP contribution in [0, 0.1) is 0 Å². The number of methoxy groups -OCH3 is 1. The lowest BCUT2D eigenvalue weighted by Gasteiger charge is -2.25. The summed E-state index contributed by atoms with van der Waals surface area (Å²) in [6.07, 6.45) is 3.29. The molecule has 1 fully saturated rings. The molecule has 0 saturated carbocycles. The van der Waals surface area contributed by atoms with Gasteiger partial charge in [-0.05, 0) is 57.2 Å². The van der Waals surface area contributed by atoms with E-state index in [1.807, 2.05) is 18.3 Å². The van der Waals surface area contributed by atoms with Crippen LogP contribution in [0.4, 0.5) is 20.4 Å². The minimum absolute atomic E-state index is 0.231. The van der Waals surface area contributed by atoms with E-state index in [-0.39, 0.29) is 17.5 Å². The molecule has 4 rings (SSSR count). The Bertz CT molecular complexity index is 1030. The number of hydrogen-bond acceptors (Lipinski definition) is 7. The Hall–Kier alpha value is -2.01. The van der Waals surface area contributed by atoms with Crippen LogP contribution in [0.2, 0.25) is 5.02 Å². The van der Waals surface area contributed by atoms with Gasteiger partial charge in [-0.15, -0.1) is 11.8 Å². The van der Waals surface area contributed by atoms with Gasteiger partial charge in [-0.3, -0.25) is 10.2 Å². The average molecular weight is 510 g/mol. The number of aromatic nitrogens is 1. The smallest absolute Gasteiger partial charge is 0.409 e. The quantitative estimate of drug-likeness (QED) is 0.453. The minimum atomic E-state index is -0.359. The molecule has 0 radical (unpaired) electrons. The van der Waals surface area contributed by atoms with Gasteiger partial charge in [0.2, 0.25) is 0 Å². The summed E-state index contributed by atoms with van der Waals surface area (Å²) in [5.74, 6) is 1.01. The monoisotopic (exact) mass is 509 g/mol. The molecule has 1 aromatic heterocycles. The number of carbonyl (C=O) groups excluding carboxylic acids is 2. The van der Waals surface area contributed by atoms with Crippen molar-refractivity contribution >= 4 is 57.6 Å². The first-order valence-electron chi connectivity index (χ1n) is 10.8.